The number of rotatable bonds is 4. The first-order chi connectivity index (χ1) is 13.4. The van der Waals surface area contributed by atoms with E-state index in [9.17, 15) is 13.2 Å². The Balaban J connectivity index is 1.53. The molecular weight excluding hydrogens is 420 g/mol. The van der Waals surface area contributed by atoms with Crippen LogP contribution in [0.3, 0.4) is 0 Å². The van der Waals surface area contributed by atoms with Gasteiger partial charge in [0.15, 0.2) is 21.6 Å². The number of sulfone groups is 1. The van der Waals surface area contributed by atoms with E-state index in [0.717, 1.165) is 5.69 Å². The van der Waals surface area contributed by atoms with E-state index >= 15 is 0 Å². The highest BCUT2D eigenvalue weighted by Crippen LogP contribution is 2.40. The van der Waals surface area contributed by atoms with Crippen molar-refractivity contribution < 1.29 is 17.9 Å². The van der Waals surface area contributed by atoms with Crippen molar-refractivity contribution in [2.24, 2.45) is 4.99 Å². The lowest BCUT2D eigenvalue weighted by Crippen LogP contribution is -2.37. The van der Waals surface area contributed by atoms with Gasteiger partial charge in [0, 0.05) is 16.0 Å². The summed E-state index contributed by atoms with van der Waals surface area (Å²) in [7, 11) is -3.09. The quantitative estimate of drug-likeness (QED) is 0.733. The molecule has 0 spiro atoms. The Labute approximate surface area is 172 Å². The second-order valence-corrected chi connectivity index (χ2v) is 10.3. The zero-order valence-corrected chi connectivity index (χ0v) is 17.1. The molecule has 2 aromatic rings. The number of anilines is 1. The fraction of sp³-hybridized carbons (Fsp3) is 0.263. The molecule has 0 N–H and O–H groups in total. The third-order valence-electron chi connectivity index (χ3n) is 4.50. The zero-order chi connectivity index (χ0) is 19.7. The van der Waals surface area contributed by atoms with E-state index in [1.54, 1.807) is 24.3 Å². The molecule has 0 radical (unpaired) electrons. The van der Waals surface area contributed by atoms with Gasteiger partial charge in [0.1, 0.15) is 5.75 Å². The molecule has 0 aliphatic carbocycles. The van der Waals surface area contributed by atoms with Crippen LogP contribution in [0, 0.1) is 0 Å². The fourth-order valence-corrected chi connectivity index (χ4v) is 7.33. The van der Waals surface area contributed by atoms with Crippen LogP contribution in [0.25, 0.3) is 0 Å². The van der Waals surface area contributed by atoms with Crippen molar-refractivity contribution in [2.45, 2.75) is 11.3 Å². The summed E-state index contributed by atoms with van der Waals surface area (Å²) in [5.41, 5.74) is 0.824. The van der Waals surface area contributed by atoms with E-state index in [1.807, 2.05) is 35.2 Å². The highest BCUT2D eigenvalue weighted by atomic mass is 35.5. The molecule has 2 saturated heterocycles. The number of hydrogen-bond donors (Lipinski definition) is 0. The first-order valence-corrected chi connectivity index (χ1v) is 11.7. The monoisotopic (exact) mass is 436 g/mol. The summed E-state index contributed by atoms with van der Waals surface area (Å²) >= 11 is 7.17. The Bertz CT molecular complexity index is 1010. The summed E-state index contributed by atoms with van der Waals surface area (Å²) in [5.74, 6) is 0.259. The second-order valence-electron chi connectivity index (χ2n) is 6.54. The van der Waals surface area contributed by atoms with Crippen LogP contribution in [0.5, 0.6) is 5.75 Å². The highest BCUT2D eigenvalue weighted by molar-refractivity contribution is 8.16. The van der Waals surface area contributed by atoms with Gasteiger partial charge in [0.2, 0.25) is 0 Å². The number of halogens is 1. The molecule has 1 amide bonds. The van der Waals surface area contributed by atoms with E-state index in [1.165, 1.54) is 11.8 Å². The van der Waals surface area contributed by atoms with Crippen molar-refractivity contribution in [3.05, 3.63) is 59.6 Å². The number of nitrogens with zero attached hydrogens (tertiary/aromatic N) is 2. The molecule has 0 saturated carbocycles. The Morgan fingerprint density at radius 3 is 2.57 bits per heavy atom. The highest BCUT2D eigenvalue weighted by Gasteiger charge is 2.49. The SMILES string of the molecule is O=C(COc1ccc(Cl)cc1)N=C1S[C@@H]2CS(=O)(=O)C[C@H]2N1c1ccccc1. The maximum absolute atomic E-state index is 12.4. The molecule has 2 aliphatic rings. The van der Waals surface area contributed by atoms with Crippen molar-refractivity contribution in [3.8, 4) is 5.75 Å². The topological polar surface area (TPSA) is 76.0 Å². The largest absolute Gasteiger partial charge is 0.484 e. The summed E-state index contributed by atoms with van der Waals surface area (Å²) in [6.07, 6.45) is 0. The predicted molar refractivity (Wildman–Crippen MR) is 112 cm³/mol. The van der Waals surface area contributed by atoms with Gasteiger partial charge in [-0.15, -0.1) is 0 Å². The minimum Gasteiger partial charge on any atom is -0.484 e. The zero-order valence-electron chi connectivity index (χ0n) is 14.7. The van der Waals surface area contributed by atoms with Gasteiger partial charge in [-0.05, 0) is 36.4 Å². The molecule has 6 nitrogen and oxygen atoms in total. The van der Waals surface area contributed by atoms with Crippen molar-refractivity contribution in [3.63, 3.8) is 0 Å². The summed E-state index contributed by atoms with van der Waals surface area (Å²) in [6.45, 7) is -0.206. The number of ether oxygens (including phenoxy) is 1. The second kappa shape index (κ2) is 7.77. The molecule has 0 aromatic heterocycles. The van der Waals surface area contributed by atoms with Crippen molar-refractivity contribution in [1.82, 2.24) is 0 Å². The number of amidine groups is 1. The smallest absolute Gasteiger partial charge is 0.285 e. The van der Waals surface area contributed by atoms with E-state index < -0.39 is 15.7 Å². The number of aliphatic imine (C=N–C) groups is 1. The predicted octanol–water partition coefficient (Wildman–Crippen LogP) is 3.02. The molecule has 2 fully saturated rings. The van der Waals surface area contributed by atoms with Crippen LogP contribution in [-0.2, 0) is 14.6 Å². The van der Waals surface area contributed by atoms with Gasteiger partial charge in [-0.1, -0.05) is 41.6 Å². The first-order valence-electron chi connectivity index (χ1n) is 8.62. The van der Waals surface area contributed by atoms with Crippen LogP contribution in [-0.4, -0.2) is 48.9 Å². The van der Waals surface area contributed by atoms with Gasteiger partial charge in [-0.3, -0.25) is 4.79 Å². The molecule has 146 valence electrons. The molecule has 9 heteroatoms. The van der Waals surface area contributed by atoms with E-state index in [4.69, 9.17) is 16.3 Å². The van der Waals surface area contributed by atoms with E-state index in [0.29, 0.717) is 15.9 Å². The van der Waals surface area contributed by atoms with Gasteiger partial charge >= 0.3 is 0 Å². The number of thioether (sulfide) groups is 1. The lowest BCUT2D eigenvalue weighted by molar-refractivity contribution is -0.119. The van der Waals surface area contributed by atoms with Crippen LogP contribution < -0.4 is 9.64 Å². The number of carbonyl (C=O) groups excluding carboxylic acids is 1. The maximum Gasteiger partial charge on any atom is 0.285 e. The molecule has 2 aromatic carbocycles. The standard InChI is InChI=1S/C19H17ClN2O4S2/c20-13-6-8-15(9-7-13)26-10-18(23)21-19-22(14-4-2-1-3-5-14)16-11-28(24,25)12-17(16)27-19/h1-9,16-17H,10-12H2/t16-,17-/m1/s1. The summed E-state index contributed by atoms with van der Waals surface area (Å²) in [6, 6.07) is 15.9. The third-order valence-corrected chi connectivity index (χ3v) is 7.96. The minimum atomic E-state index is -3.09. The number of hydrogen-bond acceptors (Lipinski definition) is 5. The van der Waals surface area contributed by atoms with Crippen LogP contribution in [0.2, 0.25) is 5.02 Å². The molecule has 0 bridgehead atoms. The van der Waals surface area contributed by atoms with Crippen molar-refractivity contribution >= 4 is 50.0 Å². The number of para-hydroxylation sites is 1. The van der Waals surface area contributed by atoms with Gasteiger partial charge in [-0.25, -0.2) is 8.42 Å². The van der Waals surface area contributed by atoms with Crippen LogP contribution in [0.4, 0.5) is 5.69 Å². The normalized spacial score (nSPS) is 24.3. The molecular formula is C19H17ClN2O4S2. The van der Waals surface area contributed by atoms with Crippen LogP contribution >= 0.6 is 23.4 Å². The van der Waals surface area contributed by atoms with Gasteiger partial charge < -0.3 is 9.64 Å². The fourth-order valence-electron chi connectivity index (χ4n) is 3.27. The Morgan fingerprint density at radius 2 is 1.86 bits per heavy atom. The summed E-state index contributed by atoms with van der Waals surface area (Å²) in [5, 5.41) is 0.969. The first kappa shape index (κ1) is 19.3. The van der Waals surface area contributed by atoms with Gasteiger partial charge in [0.05, 0.1) is 17.5 Å². The number of amides is 1. The molecule has 2 aliphatic heterocycles. The Morgan fingerprint density at radius 1 is 1.14 bits per heavy atom. The molecule has 0 unspecified atom stereocenters. The van der Waals surface area contributed by atoms with Crippen LogP contribution in [0.15, 0.2) is 59.6 Å². The lowest BCUT2D eigenvalue weighted by Gasteiger charge is -2.24. The lowest BCUT2D eigenvalue weighted by atomic mass is 10.2. The number of benzene rings is 2. The molecule has 2 heterocycles. The van der Waals surface area contributed by atoms with Gasteiger partial charge in [0.25, 0.3) is 5.91 Å². The van der Waals surface area contributed by atoms with E-state index in [-0.39, 0.29) is 29.4 Å². The minimum absolute atomic E-state index is 0.0635. The van der Waals surface area contributed by atoms with Crippen molar-refractivity contribution in [1.29, 1.82) is 0 Å². The van der Waals surface area contributed by atoms with Gasteiger partial charge in [-0.2, -0.15) is 4.99 Å². The molecule has 28 heavy (non-hydrogen) atoms. The third kappa shape index (κ3) is 4.19. The average molecular weight is 437 g/mol. The summed E-state index contributed by atoms with van der Waals surface area (Å²) in [4.78, 5) is 18.4. The van der Waals surface area contributed by atoms with E-state index in [2.05, 4.69) is 4.99 Å². The molecule has 2 atom stereocenters. The number of carbonyl (C=O) groups is 1. The Hall–Kier alpha value is -2.03. The van der Waals surface area contributed by atoms with Crippen molar-refractivity contribution in [2.75, 3.05) is 23.0 Å². The maximum atomic E-state index is 12.4. The molecule has 4 rings (SSSR count). The Kier molecular flexibility index (Phi) is 5.35. The summed E-state index contributed by atoms with van der Waals surface area (Å²) < 4.78 is 29.6. The number of fused-ring (bicyclic) bond motifs is 1. The average Bonchev–Trinajstić information content (AvgIpc) is 3.12. The van der Waals surface area contributed by atoms with Crippen LogP contribution in [0.1, 0.15) is 0 Å².